The summed E-state index contributed by atoms with van der Waals surface area (Å²) in [5.41, 5.74) is 0. The van der Waals surface area contributed by atoms with Crippen molar-refractivity contribution in [2.24, 2.45) is 11.8 Å². The minimum Gasteiger partial charge on any atom is -0.0654 e. The molecule has 0 bridgehead atoms. The molecule has 0 aliphatic carbocycles. The van der Waals surface area contributed by atoms with Gasteiger partial charge in [-0.3, -0.25) is 0 Å². The molecule has 10 nitrogen and oxygen atoms in total. The molecule has 4 atom stereocenters. The molecule has 0 amide bonds. The molecule has 0 saturated carbocycles. The predicted molar refractivity (Wildman–Crippen MR) is 493 cm³/mol. The van der Waals surface area contributed by atoms with Gasteiger partial charge < -0.3 is 0 Å². The van der Waals surface area contributed by atoms with E-state index in [1.807, 2.05) is 0 Å². The van der Waals surface area contributed by atoms with E-state index in [4.69, 9.17) is 25.6 Å². The Balaban J connectivity index is 6.76. The summed E-state index contributed by atoms with van der Waals surface area (Å²) in [4.78, 5) is 55.5. The molecule has 0 spiro atoms. The van der Waals surface area contributed by atoms with Crippen molar-refractivity contribution < 1.29 is 62.1 Å². The van der Waals surface area contributed by atoms with Crippen LogP contribution in [0.4, 0.5) is 0 Å². The average molecular weight is 1650 g/mol. The number of carbonyl (C=O) groups excluding carboxylic acids is 4. The van der Waals surface area contributed by atoms with Crippen molar-refractivity contribution in [3.05, 3.63) is 48.6 Å². The van der Waals surface area contributed by atoms with Crippen molar-refractivity contribution in [2.45, 2.75) is 552 Å². The Kier molecular flexibility index (Phi) is 90.2. The molecule has 0 aromatic heterocycles. The van der Waals surface area contributed by atoms with Crippen molar-refractivity contribution in [1.82, 2.24) is 0 Å². The molecule has 4 unspecified atom stereocenters. The maximum absolute atomic E-state index is 14.9. The molecule has 0 heterocycles. The van der Waals surface area contributed by atoms with Crippen LogP contribution in [0.1, 0.15) is 543 Å². The Labute approximate surface area is 720 Å². The standard InChI is InChI=1S/2C44H81O4.2C8H17O.Ti/c2*1-3-5-7-9-11-13-15-17-19-21-23-25-27-31-35-39-43(45)47-41-37-33-29-30-34-38-42-48-44(46)40-36-32-28-26-24-22-20-18-16-14-12-10-8-6-4-2;2*1-3-5-6-8(4-2)7-9;/h2*17-20,41H,3-16,21-40,42H2,1-2H3;2*8H,3-7H2,1-2H3;/q;;2*-1;+2/b2*19-17-,20-18-;;;. The van der Waals surface area contributed by atoms with Gasteiger partial charge in [-0.25, -0.2) is 0 Å². The molecule has 0 fully saturated rings. The van der Waals surface area contributed by atoms with Crippen LogP contribution in [0.2, 0.25) is 0 Å². The van der Waals surface area contributed by atoms with Crippen LogP contribution in [-0.4, -0.2) is 59.1 Å². The molecule has 0 radical (unpaired) electrons. The van der Waals surface area contributed by atoms with Gasteiger partial charge in [0.2, 0.25) is 0 Å². The number of hydrogen-bond donors (Lipinski definition) is 0. The van der Waals surface area contributed by atoms with Gasteiger partial charge >= 0.3 is 429 Å². The molecule has 11 heteroatoms. The van der Waals surface area contributed by atoms with Crippen molar-refractivity contribution in [1.29, 1.82) is 0 Å². The Morgan fingerprint density at radius 3 is 0.678 bits per heavy atom. The van der Waals surface area contributed by atoms with E-state index in [-0.39, 0.29) is 23.9 Å². The zero-order chi connectivity index (χ0) is 83.6. The van der Waals surface area contributed by atoms with Gasteiger partial charge in [-0.2, -0.15) is 0 Å². The monoisotopic (exact) mass is 1650 g/mol. The third-order valence-corrected chi connectivity index (χ3v) is 29.9. The predicted octanol–water partition coefficient (Wildman–Crippen LogP) is 34.1. The number of allylic oxidation sites excluding steroid dienone is 8. The molecular formula is C104H196O10Ti. The van der Waals surface area contributed by atoms with E-state index in [1.54, 1.807) is 0 Å². The summed E-state index contributed by atoms with van der Waals surface area (Å²) in [6.07, 6.45) is 102. The van der Waals surface area contributed by atoms with E-state index < -0.39 is 26.2 Å². The van der Waals surface area contributed by atoms with Crippen LogP contribution in [0.3, 0.4) is 0 Å². The molecule has 115 heavy (non-hydrogen) atoms. The molecule has 0 aliphatic rings. The number of unbranched alkanes of at least 4 members (excludes halogenated alkanes) is 54. The minimum atomic E-state index is -4.69. The molecule has 0 aromatic rings. The van der Waals surface area contributed by atoms with Gasteiger partial charge in [0.1, 0.15) is 0 Å². The first-order chi connectivity index (χ1) is 56.6. The van der Waals surface area contributed by atoms with Gasteiger partial charge in [-0.05, 0) is 77.0 Å². The Morgan fingerprint density at radius 1 is 0.226 bits per heavy atom. The van der Waals surface area contributed by atoms with Gasteiger partial charge in [0, 0.05) is 0 Å². The quantitative estimate of drug-likeness (QED) is 0.0191. The van der Waals surface area contributed by atoms with Gasteiger partial charge in [-0.1, -0.05) is 219 Å². The summed E-state index contributed by atoms with van der Waals surface area (Å²) in [6, 6.07) is 0. The third kappa shape index (κ3) is 77.3. The first-order valence-corrected chi connectivity index (χ1v) is 54.3. The van der Waals surface area contributed by atoms with E-state index in [0.29, 0.717) is 76.8 Å². The Hall–Kier alpha value is -2.53. The number of rotatable bonds is 94. The molecule has 0 N–H and O–H groups in total. The second-order valence-corrected chi connectivity index (χ2v) is 40.2. The normalized spacial score (nSPS) is 13.6. The average Bonchev–Trinajstić information content (AvgIpc) is 0.783. The number of esters is 4. The van der Waals surface area contributed by atoms with Crippen molar-refractivity contribution in [3.63, 3.8) is 0 Å². The summed E-state index contributed by atoms with van der Waals surface area (Å²) in [5, 5.41) is 0. The summed E-state index contributed by atoms with van der Waals surface area (Å²) < 4.78 is 40.1. The first-order valence-electron chi connectivity index (χ1n) is 51.2. The number of carbonyl (C=O) groups is 4. The summed E-state index contributed by atoms with van der Waals surface area (Å²) in [6.45, 7) is 20.1. The van der Waals surface area contributed by atoms with Crippen LogP contribution >= 0.6 is 0 Å². The second-order valence-electron chi connectivity index (χ2n) is 35.0. The molecule has 676 valence electrons. The third-order valence-electron chi connectivity index (χ3n) is 23.9. The second kappa shape index (κ2) is 92.2. The Bertz CT molecular complexity index is 2010. The topological polar surface area (TPSA) is 124 Å². The number of ether oxygens (including phenoxy) is 4. The zero-order valence-electron chi connectivity index (χ0n) is 78.1. The van der Waals surface area contributed by atoms with Crippen LogP contribution in [0, 0.1) is 11.8 Å². The number of hydrogen-bond acceptors (Lipinski definition) is 10. The van der Waals surface area contributed by atoms with E-state index in [1.165, 1.54) is 231 Å². The van der Waals surface area contributed by atoms with E-state index >= 15 is 0 Å². The van der Waals surface area contributed by atoms with Crippen LogP contribution < -0.4 is 0 Å². The molecule has 0 aliphatic heterocycles. The van der Waals surface area contributed by atoms with Gasteiger partial charge in [0.05, 0.1) is 0 Å². The van der Waals surface area contributed by atoms with Crippen LogP contribution in [0.15, 0.2) is 48.6 Å². The Morgan fingerprint density at radius 2 is 0.435 bits per heavy atom. The van der Waals surface area contributed by atoms with Crippen LogP contribution in [0.5, 0.6) is 0 Å². The SMILES string of the molecule is CCCCCCCC/C=C\CCCCCCCC(=O)OCCCCCCC[CH](OC(=O)CCCCCCC/C=C\CCCCCCCC)[Ti]([O]CC(CC)CCCC)([O]CC(CC)CCCC)[CH](CCCCCCCOC(=O)CCCCCCC/C=C\CCCCCCCC)OC(=O)CCCCCCC/C=C\CCCCCCCC. The molecular weight excluding hydrogens is 1460 g/mol. The van der Waals surface area contributed by atoms with E-state index in [9.17, 15) is 19.2 Å². The fraction of sp³-hybridized carbons (Fsp3) is 0.885. The summed E-state index contributed by atoms with van der Waals surface area (Å²) >= 11 is -4.69. The molecule has 0 aromatic carbocycles. The van der Waals surface area contributed by atoms with Crippen LogP contribution in [0.25, 0.3) is 0 Å². The molecule has 0 saturated heterocycles. The van der Waals surface area contributed by atoms with Gasteiger partial charge in [0.15, 0.2) is 0 Å². The van der Waals surface area contributed by atoms with Crippen molar-refractivity contribution in [3.8, 4) is 0 Å². The smallest absolute Gasteiger partial charge is 0.0654 e. The van der Waals surface area contributed by atoms with Crippen molar-refractivity contribution in [2.75, 3.05) is 26.4 Å². The van der Waals surface area contributed by atoms with E-state index in [0.717, 1.165) is 218 Å². The van der Waals surface area contributed by atoms with Crippen LogP contribution in [-0.2, 0) is 62.1 Å². The maximum atomic E-state index is 14.9. The van der Waals surface area contributed by atoms with Crippen molar-refractivity contribution >= 4 is 23.9 Å². The van der Waals surface area contributed by atoms with E-state index in [2.05, 4.69) is 104 Å². The van der Waals surface area contributed by atoms with Gasteiger partial charge in [0.25, 0.3) is 0 Å². The minimum absolute atomic E-state index is 0.0767. The summed E-state index contributed by atoms with van der Waals surface area (Å²) in [7, 11) is 0. The first kappa shape index (κ1) is 112. The fourth-order valence-corrected chi connectivity index (χ4v) is 22.1. The molecule has 0 rings (SSSR count). The zero-order valence-corrected chi connectivity index (χ0v) is 79.6. The summed E-state index contributed by atoms with van der Waals surface area (Å²) in [5.74, 6) is 0.0654. The van der Waals surface area contributed by atoms with Gasteiger partial charge in [-0.15, -0.1) is 0 Å². The fourth-order valence-electron chi connectivity index (χ4n) is 15.8.